The predicted molar refractivity (Wildman–Crippen MR) is 118 cm³/mol. The fourth-order valence-electron chi connectivity index (χ4n) is 3.80. The van der Waals surface area contributed by atoms with E-state index in [0.29, 0.717) is 16.8 Å². The predicted octanol–water partition coefficient (Wildman–Crippen LogP) is 3.19. The molecule has 1 fully saturated rings. The van der Waals surface area contributed by atoms with Gasteiger partial charge in [-0.05, 0) is 28.8 Å². The number of nitrogens with one attached hydrogen (secondary N) is 2. The van der Waals surface area contributed by atoms with Crippen molar-refractivity contribution in [3.05, 3.63) is 102 Å². The normalized spacial score (nSPS) is 14.5. The molecular weight excluding hydrogens is 404 g/mol. The molecule has 0 bridgehead atoms. The molecule has 0 spiro atoms. The van der Waals surface area contributed by atoms with Gasteiger partial charge in [-0.2, -0.15) is 5.26 Å². The first-order valence-corrected chi connectivity index (χ1v) is 10.1. The largest absolute Gasteiger partial charge is 0.326 e. The zero-order valence-electron chi connectivity index (χ0n) is 17.1. The Bertz CT molecular complexity index is 1150. The van der Waals surface area contributed by atoms with Crippen molar-refractivity contribution in [1.29, 1.82) is 5.26 Å². The maximum Gasteiger partial charge on any atom is 0.326 e. The summed E-state index contributed by atoms with van der Waals surface area (Å²) in [5.41, 5.74) is 1.16. The second-order valence-electron chi connectivity index (χ2n) is 7.38. The number of amides is 4. The lowest BCUT2D eigenvalue weighted by atomic mass is 9.82. The van der Waals surface area contributed by atoms with E-state index in [-0.39, 0.29) is 6.42 Å². The smallest absolute Gasteiger partial charge is 0.325 e. The lowest BCUT2D eigenvalue weighted by Crippen LogP contribution is -2.45. The molecular formula is C25H20N4O3. The van der Waals surface area contributed by atoms with Gasteiger partial charge in [0.15, 0.2) is 5.54 Å². The molecule has 0 unspecified atom stereocenters. The molecule has 7 nitrogen and oxygen atoms in total. The average Bonchev–Trinajstić information content (AvgIpc) is 3.07. The highest BCUT2D eigenvalue weighted by atomic mass is 16.2. The summed E-state index contributed by atoms with van der Waals surface area (Å²) in [6.45, 7) is -0.425. The monoisotopic (exact) mass is 424 g/mol. The van der Waals surface area contributed by atoms with Crippen LogP contribution >= 0.6 is 0 Å². The lowest BCUT2D eigenvalue weighted by Gasteiger charge is -2.28. The topological polar surface area (TPSA) is 102 Å². The lowest BCUT2D eigenvalue weighted by molar-refractivity contribution is -0.133. The Morgan fingerprint density at radius 2 is 1.47 bits per heavy atom. The van der Waals surface area contributed by atoms with Gasteiger partial charge >= 0.3 is 6.03 Å². The maximum atomic E-state index is 13.6. The minimum Gasteiger partial charge on any atom is -0.325 e. The Morgan fingerprint density at radius 1 is 0.906 bits per heavy atom. The number of hydrogen-bond donors (Lipinski definition) is 2. The SMILES string of the molecule is N#CCc1ccc(NC(=O)CN2C(=O)NC(c3ccccc3)(c3ccccc3)C2=O)cc1. The Hall–Kier alpha value is -4.44. The molecule has 4 rings (SSSR count). The molecule has 0 atom stereocenters. The van der Waals surface area contributed by atoms with Crippen LogP contribution in [0.4, 0.5) is 10.5 Å². The molecule has 158 valence electrons. The van der Waals surface area contributed by atoms with Gasteiger partial charge in [0.25, 0.3) is 5.91 Å². The minimum absolute atomic E-state index is 0.276. The first kappa shape index (κ1) is 20.8. The molecule has 0 radical (unpaired) electrons. The summed E-state index contributed by atoms with van der Waals surface area (Å²) in [5.74, 6) is -1.02. The molecule has 1 aliphatic rings. The molecule has 0 aliphatic carbocycles. The molecule has 1 saturated heterocycles. The summed E-state index contributed by atoms with van der Waals surface area (Å²) >= 11 is 0. The van der Waals surface area contributed by atoms with Crippen molar-refractivity contribution in [3.63, 3.8) is 0 Å². The fraction of sp³-hybridized carbons (Fsp3) is 0.120. The van der Waals surface area contributed by atoms with Gasteiger partial charge in [-0.15, -0.1) is 0 Å². The van der Waals surface area contributed by atoms with E-state index in [1.165, 1.54) is 0 Å². The van der Waals surface area contributed by atoms with Crippen LogP contribution in [0.2, 0.25) is 0 Å². The highest BCUT2D eigenvalue weighted by Gasteiger charge is 2.54. The molecule has 7 heteroatoms. The number of anilines is 1. The van der Waals surface area contributed by atoms with E-state index in [0.717, 1.165) is 10.5 Å². The van der Waals surface area contributed by atoms with Gasteiger partial charge in [0.05, 0.1) is 12.5 Å². The van der Waals surface area contributed by atoms with Gasteiger partial charge < -0.3 is 10.6 Å². The van der Waals surface area contributed by atoms with Crippen LogP contribution in [0.15, 0.2) is 84.9 Å². The van der Waals surface area contributed by atoms with Crippen molar-refractivity contribution in [3.8, 4) is 6.07 Å². The van der Waals surface area contributed by atoms with Crippen molar-refractivity contribution < 1.29 is 14.4 Å². The third-order valence-corrected chi connectivity index (χ3v) is 5.34. The third kappa shape index (κ3) is 3.82. The van der Waals surface area contributed by atoms with E-state index < -0.39 is 29.9 Å². The van der Waals surface area contributed by atoms with Crippen LogP contribution in [0.25, 0.3) is 0 Å². The van der Waals surface area contributed by atoms with Crippen LogP contribution in [0.5, 0.6) is 0 Å². The quantitative estimate of drug-likeness (QED) is 0.593. The first-order chi connectivity index (χ1) is 15.5. The summed E-state index contributed by atoms with van der Waals surface area (Å²) in [4.78, 5) is 40.0. The van der Waals surface area contributed by atoms with E-state index in [1.54, 1.807) is 72.8 Å². The number of urea groups is 1. The Balaban J connectivity index is 1.58. The van der Waals surface area contributed by atoms with E-state index in [4.69, 9.17) is 5.26 Å². The van der Waals surface area contributed by atoms with Crippen molar-refractivity contribution in [2.45, 2.75) is 12.0 Å². The third-order valence-electron chi connectivity index (χ3n) is 5.34. The average molecular weight is 424 g/mol. The molecule has 2 N–H and O–H groups in total. The van der Waals surface area contributed by atoms with E-state index in [9.17, 15) is 14.4 Å². The summed E-state index contributed by atoms with van der Waals surface area (Å²) < 4.78 is 0. The van der Waals surface area contributed by atoms with Gasteiger partial charge in [0.2, 0.25) is 5.91 Å². The van der Waals surface area contributed by atoms with Crippen LogP contribution in [0, 0.1) is 11.3 Å². The zero-order valence-corrected chi connectivity index (χ0v) is 17.1. The van der Waals surface area contributed by atoms with Crippen molar-refractivity contribution in [1.82, 2.24) is 10.2 Å². The second kappa shape index (κ2) is 8.74. The van der Waals surface area contributed by atoms with Crippen LogP contribution in [-0.4, -0.2) is 29.3 Å². The van der Waals surface area contributed by atoms with Crippen LogP contribution in [-0.2, 0) is 21.5 Å². The van der Waals surface area contributed by atoms with Crippen molar-refractivity contribution in [2.24, 2.45) is 0 Å². The van der Waals surface area contributed by atoms with Gasteiger partial charge in [0.1, 0.15) is 6.54 Å². The van der Waals surface area contributed by atoms with Gasteiger partial charge in [0, 0.05) is 5.69 Å². The number of rotatable bonds is 6. The number of benzene rings is 3. The zero-order chi connectivity index (χ0) is 22.6. The number of hydrogen-bond acceptors (Lipinski definition) is 4. The Kier molecular flexibility index (Phi) is 5.69. The van der Waals surface area contributed by atoms with Crippen LogP contribution in [0.1, 0.15) is 16.7 Å². The molecule has 1 heterocycles. The second-order valence-corrected chi connectivity index (χ2v) is 7.38. The summed E-state index contributed by atoms with van der Waals surface area (Å²) in [6, 6.07) is 26.2. The Morgan fingerprint density at radius 3 is 2.00 bits per heavy atom. The molecule has 0 aromatic heterocycles. The van der Waals surface area contributed by atoms with Gasteiger partial charge in [-0.25, -0.2) is 4.79 Å². The number of nitrogens with zero attached hydrogens (tertiary/aromatic N) is 2. The van der Waals surface area contributed by atoms with E-state index >= 15 is 0 Å². The Labute approximate surface area is 185 Å². The number of carbonyl (C=O) groups excluding carboxylic acids is 3. The van der Waals surface area contributed by atoms with Crippen LogP contribution in [0.3, 0.4) is 0 Å². The first-order valence-electron chi connectivity index (χ1n) is 10.1. The van der Waals surface area contributed by atoms with E-state index in [2.05, 4.69) is 16.7 Å². The maximum absolute atomic E-state index is 13.6. The summed E-state index contributed by atoms with van der Waals surface area (Å²) in [7, 11) is 0. The molecule has 3 aromatic rings. The van der Waals surface area contributed by atoms with Gasteiger partial charge in [-0.1, -0.05) is 72.8 Å². The highest BCUT2D eigenvalue weighted by Crippen LogP contribution is 2.35. The fourth-order valence-corrected chi connectivity index (χ4v) is 3.80. The molecule has 32 heavy (non-hydrogen) atoms. The summed E-state index contributed by atoms with van der Waals surface area (Å²) in [6.07, 6.45) is 0.276. The van der Waals surface area contributed by atoms with Crippen molar-refractivity contribution in [2.75, 3.05) is 11.9 Å². The van der Waals surface area contributed by atoms with Crippen LogP contribution < -0.4 is 10.6 Å². The van der Waals surface area contributed by atoms with E-state index in [1.807, 2.05) is 12.1 Å². The molecule has 3 aromatic carbocycles. The number of carbonyl (C=O) groups is 3. The molecule has 4 amide bonds. The van der Waals surface area contributed by atoms with Gasteiger partial charge in [-0.3, -0.25) is 14.5 Å². The molecule has 0 saturated carbocycles. The molecule has 1 aliphatic heterocycles. The number of imide groups is 1. The number of nitriles is 1. The summed E-state index contributed by atoms with van der Waals surface area (Å²) in [5, 5.41) is 14.3. The standard InChI is InChI=1S/C25H20N4O3/c26-16-15-18-11-13-21(14-12-18)27-22(30)17-29-23(31)25(28-24(29)32,19-7-3-1-4-8-19)20-9-5-2-6-10-20/h1-14H,15,17H2,(H,27,30)(H,28,32). The van der Waals surface area contributed by atoms with Crippen molar-refractivity contribution >= 4 is 23.5 Å². The highest BCUT2D eigenvalue weighted by molar-refractivity contribution is 6.12. The minimum atomic E-state index is -1.40.